The first-order valence-electron chi connectivity index (χ1n) is 6.98. The summed E-state index contributed by atoms with van der Waals surface area (Å²) >= 11 is 0. The molecule has 2 rings (SSSR count). The van der Waals surface area contributed by atoms with Crippen molar-refractivity contribution < 1.29 is 27.6 Å². The predicted molar refractivity (Wildman–Crippen MR) is 74.0 cm³/mol. The number of ether oxygens (including phenoxy) is 1. The smallest absolute Gasteiger partial charge is 0.379 e. The number of nitro benzene ring substituents is 1. The second-order valence-electron chi connectivity index (χ2n) is 5.23. The summed E-state index contributed by atoms with van der Waals surface area (Å²) in [6.07, 6.45) is -3.61. The lowest BCUT2D eigenvalue weighted by atomic mass is 10.1. The van der Waals surface area contributed by atoms with Crippen LogP contribution in [-0.4, -0.2) is 47.7 Å². The van der Waals surface area contributed by atoms with Crippen LogP contribution in [0.4, 0.5) is 18.9 Å². The fourth-order valence-corrected chi connectivity index (χ4v) is 2.45. The van der Waals surface area contributed by atoms with E-state index in [4.69, 9.17) is 4.74 Å². The first-order valence-corrected chi connectivity index (χ1v) is 6.98. The normalized spacial score (nSPS) is 18.5. The number of nitro groups is 1. The molecule has 1 aliphatic rings. The van der Waals surface area contributed by atoms with Gasteiger partial charge < -0.3 is 9.64 Å². The highest BCUT2D eigenvalue weighted by Crippen LogP contribution is 2.24. The number of hydrogen-bond donors (Lipinski definition) is 0. The lowest BCUT2D eigenvalue weighted by Gasteiger charge is -2.34. The second-order valence-corrected chi connectivity index (χ2v) is 5.23. The van der Waals surface area contributed by atoms with Gasteiger partial charge in [0.2, 0.25) is 0 Å². The molecule has 1 atom stereocenters. The van der Waals surface area contributed by atoms with Gasteiger partial charge in [0.25, 0.3) is 11.6 Å². The number of carbonyl (C=O) groups excluding carboxylic acids is 1. The van der Waals surface area contributed by atoms with Gasteiger partial charge in [0.15, 0.2) is 0 Å². The van der Waals surface area contributed by atoms with Crippen molar-refractivity contribution >= 4 is 11.6 Å². The SMILES string of the molecule is O=C(c1cccc([N+](=O)[O-])c1)N(CC(F)(F)F)[C@@H]1CCCOC1. The quantitative estimate of drug-likeness (QED) is 0.628. The van der Waals surface area contributed by atoms with Gasteiger partial charge in [0.05, 0.1) is 17.6 Å². The number of rotatable bonds is 4. The Bertz CT molecular complexity index is 586. The average Bonchev–Trinajstić information content (AvgIpc) is 2.52. The van der Waals surface area contributed by atoms with E-state index in [1.54, 1.807) is 0 Å². The van der Waals surface area contributed by atoms with Gasteiger partial charge in [-0.1, -0.05) is 6.07 Å². The number of hydrogen-bond acceptors (Lipinski definition) is 4. The zero-order chi connectivity index (χ0) is 17.0. The molecule has 1 aromatic carbocycles. The fraction of sp³-hybridized carbons (Fsp3) is 0.500. The number of nitrogens with zero attached hydrogens (tertiary/aromatic N) is 2. The van der Waals surface area contributed by atoms with E-state index in [1.165, 1.54) is 18.2 Å². The van der Waals surface area contributed by atoms with Crippen molar-refractivity contribution in [2.45, 2.75) is 25.1 Å². The monoisotopic (exact) mass is 332 g/mol. The van der Waals surface area contributed by atoms with E-state index in [1.807, 2.05) is 0 Å². The van der Waals surface area contributed by atoms with Crippen LogP contribution in [0.3, 0.4) is 0 Å². The van der Waals surface area contributed by atoms with E-state index in [0.717, 1.165) is 6.07 Å². The third-order valence-electron chi connectivity index (χ3n) is 3.49. The summed E-state index contributed by atoms with van der Waals surface area (Å²) in [5, 5.41) is 10.8. The van der Waals surface area contributed by atoms with Crippen LogP contribution in [0.5, 0.6) is 0 Å². The molecule has 0 unspecified atom stereocenters. The molecule has 23 heavy (non-hydrogen) atoms. The Labute approximate surface area is 130 Å². The highest BCUT2D eigenvalue weighted by molar-refractivity contribution is 5.95. The molecular formula is C14H15F3N2O4. The van der Waals surface area contributed by atoms with Crippen molar-refractivity contribution in [3.8, 4) is 0 Å². The summed E-state index contributed by atoms with van der Waals surface area (Å²) < 4.78 is 43.6. The minimum Gasteiger partial charge on any atom is -0.379 e. The van der Waals surface area contributed by atoms with E-state index >= 15 is 0 Å². The Morgan fingerprint density at radius 1 is 1.43 bits per heavy atom. The molecule has 0 aliphatic carbocycles. The van der Waals surface area contributed by atoms with Crippen molar-refractivity contribution in [3.63, 3.8) is 0 Å². The van der Waals surface area contributed by atoms with Crippen molar-refractivity contribution in [2.24, 2.45) is 0 Å². The molecule has 6 nitrogen and oxygen atoms in total. The van der Waals surface area contributed by atoms with Crippen molar-refractivity contribution in [3.05, 3.63) is 39.9 Å². The van der Waals surface area contributed by atoms with E-state index in [0.29, 0.717) is 24.3 Å². The molecule has 1 heterocycles. The number of alkyl halides is 3. The second kappa shape index (κ2) is 6.95. The Morgan fingerprint density at radius 2 is 2.17 bits per heavy atom. The van der Waals surface area contributed by atoms with Crippen molar-refractivity contribution in [2.75, 3.05) is 19.8 Å². The van der Waals surface area contributed by atoms with Gasteiger partial charge in [-0.25, -0.2) is 0 Å². The summed E-state index contributed by atoms with van der Waals surface area (Å²) in [4.78, 5) is 23.2. The van der Waals surface area contributed by atoms with Crippen LogP contribution < -0.4 is 0 Å². The Hall–Kier alpha value is -2.16. The van der Waals surface area contributed by atoms with E-state index < -0.39 is 29.6 Å². The third kappa shape index (κ3) is 4.65. The summed E-state index contributed by atoms with van der Waals surface area (Å²) in [5.41, 5.74) is -0.489. The molecule has 0 spiro atoms. The molecule has 126 valence electrons. The standard InChI is InChI=1S/C14H15F3N2O4/c15-14(16,17)9-18(12-5-2-6-23-8-12)13(20)10-3-1-4-11(7-10)19(21)22/h1,3-4,7,12H,2,5-6,8-9H2/t12-/m1/s1. The van der Waals surface area contributed by atoms with Crippen LogP contribution in [0.1, 0.15) is 23.2 Å². The van der Waals surface area contributed by atoms with Crippen LogP contribution in [0.2, 0.25) is 0 Å². The summed E-state index contributed by atoms with van der Waals surface area (Å²) in [5.74, 6) is -0.887. The molecule has 0 aromatic heterocycles. The van der Waals surface area contributed by atoms with Crippen molar-refractivity contribution in [1.29, 1.82) is 0 Å². The molecule has 1 aliphatic heterocycles. The Kier molecular flexibility index (Phi) is 5.19. The summed E-state index contributed by atoms with van der Waals surface area (Å²) in [6, 6.07) is 4.00. The van der Waals surface area contributed by atoms with E-state index in [2.05, 4.69) is 0 Å². The van der Waals surface area contributed by atoms with E-state index in [9.17, 15) is 28.1 Å². The van der Waals surface area contributed by atoms with Crippen LogP contribution in [0.15, 0.2) is 24.3 Å². The van der Waals surface area contributed by atoms with Gasteiger partial charge in [0.1, 0.15) is 6.54 Å². The molecule has 0 saturated carbocycles. The number of non-ortho nitro benzene ring substituents is 1. The van der Waals surface area contributed by atoms with Crippen LogP contribution >= 0.6 is 0 Å². The minimum absolute atomic E-state index is 0.0246. The van der Waals surface area contributed by atoms with Gasteiger partial charge in [-0.3, -0.25) is 14.9 Å². The molecule has 1 amide bonds. The van der Waals surface area contributed by atoms with Gasteiger partial charge in [-0.2, -0.15) is 13.2 Å². The largest absolute Gasteiger partial charge is 0.406 e. The first-order chi connectivity index (χ1) is 10.8. The lowest BCUT2D eigenvalue weighted by Crippen LogP contribution is -2.49. The lowest BCUT2D eigenvalue weighted by molar-refractivity contribution is -0.384. The highest BCUT2D eigenvalue weighted by atomic mass is 19.4. The van der Waals surface area contributed by atoms with Crippen LogP contribution in [0, 0.1) is 10.1 Å². The maximum absolute atomic E-state index is 12.8. The number of halogens is 3. The molecular weight excluding hydrogens is 317 g/mol. The first kappa shape index (κ1) is 17.2. The predicted octanol–water partition coefficient (Wildman–Crippen LogP) is 2.78. The Balaban J connectivity index is 2.28. The number of benzene rings is 1. The van der Waals surface area contributed by atoms with Gasteiger partial charge >= 0.3 is 6.18 Å². The number of carbonyl (C=O) groups is 1. The molecule has 1 saturated heterocycles. The van der Waals surface area contributed by atoms with Gasteiger partial charge in [-0.15, -0.1) is 0 Å². The topological polar surface area (TPSA) is 72.7 Å². The third-order valence-corrected chi connectivity index (χ3v) is 3.49. The van der Waals surface area contributed by atoms with Gasteiger partial charge in [-0.05, 0) is 18.9 Å². The van der Waals surface area contributed by atoms with E-state index in [-0.39, 0.29) is 17.9 Å². The van der Waals surface area contributed by atoms with Crippen LogP contribution in [0.25, 0.3) is 0 Å². The average molecular weight is 332 g/mol. The van der Waals surface area contributed by atoms with Crippen LogP contribution in [-0.2, 0) is 4.74 Å². The highest BCUT2D eigenvalue weighted by Gasteiger charge is 2.37. The molecule has 0 bridgehead atoms. The summed E-state index contributed by atoms with van der Waals surface area (Å²) in [6.45, 7) is -0.944. The fourth-order valence-electron chi connectivity index (χ4n) is 2.45. The zero-order valence-corrected chi connectivity index (χ0v) is 12.1. The molecule has 0 N–H and O–H groups in total. The zero-order valence-electron chi connectivity index (χ0n) is 12.1. The summed E-state index contributed by atoms with van der Waals surface area (Å²) in [7, 11) is 0. The molecule has 9 heteroatoms. The van der Waals surface area contributed by atoms with Gasteiger partial charge in [0, 0.05) is 24.3 Å². The maximum Gasteiger partial charge on any atom is 0.406 e. The Morgan fingerprint density at radius 3 is 2.74 bits per heavy atom. The maximum atomic E-state index is 12.8. The molecule has 0 radical (unpaired) electrons. The molecule has 1 fully saturated rings. The number of amides is 1. The molecule has 1 aromatic rings. The van der Waals surface area contributed by atoms with Crippen molar-refractivity contribution in [1.82, 2.24) is 4.90 Å². The minimum atomic E-state index is -4.56.